The van der Waals surface area contributed by atoms with Crippen molar-refractivity contribution in [2.45, 2.75) is 22.7 Å². The molecule has 2 rings (SSSR count). The van der Waals surface area contributed by atoms with Gasteiger partial charge in [-0.05, 0) is 34.7 Å². The van der Waals surface area contributed by atoms with E-state index in [1.807, 2.05) is 0 Å². The molecule has 0 bridgehead atoms. The zero-order valence-corrected chi connectivity index (χ0v) is 14.0. The van der Waals surface area contributed by atoms with Crippen molar-refractivity contribution in [1.29, 1.82) is 0 Å². The normalized spacial score (nSPS) is 24.3. The molecule has 1 aromatic rings. The number of halogens is 2. The number of hydrogen-bond acceptors (Lipinski definition) is 4. The molecule has 0 saturated heterocycles. The molecule has 0 spiro atoms. The van der Waals surface area contributed by atoms with Crippen molar-refractivity contribution in [3.8, 4) is 0 Å². The number of nitrogens with zero attached hydrogens (tertiary/aromatic N) is 4. The molecule has 0 N–H and O–H groups in total. The van der Waals surface area contributed by atoms with Crippen LogP contribution in [0.15, 0.2) is 9.63 Å². The lowest BCUT2D eigenvalue weighted by atomic mass is 9.85. The summed E-state index contributed by atoms with van der Waals surface area (Å²) >= 11 is 6.62. The summed E-state index contributed by atoms with van der Waals surface area (Å²) in [5.74, 6) is 0.425. The molecule has 102 valence electrons. The summed E-state index contributed by atoms with van der Waals surface area (Å²) in [4.78, 5) is 0.531. The van der Waals surface area contributed by atoms with Gasteiger partial charge in [0, 0.05) is 25.5 Å². The maximum atomic E-state index is 12.4. The molecule has 1 saturated carbocycles. The summed E-state index contributed by atoms with van der Waals surface area (Å²) in [6.07, 6.45) is 2.04. The van der Waals surface area contributed by atoms with Crippen LogP contribution in [0, 0.1) is 5.92 Å². The molecule has 1 heterocycles. The molecular formula is C9H14Br2N4O2S. The Balaban J connectivity index is 2.16. The summed E-state index contributed by atoms with van der Waals surface area (Å²) in [6, 6.07) is 0. The number of rotatable bonds is 4. The molecule has 18 heavy (non-hydrogen) atoms. The summed E-state index contributed by atoms with van der Waals surface area (Å²) in [5.41, 5.74) is 0. The lowest BCUT2D eigenvalue weighted by molar-refractivity contribution is 0.274. The Bertz CT molecular complexity index is 519. The van der Waals surface area contributed by atoms with Crippen molar-refractivity contribution in [3.05, 3.63) is 4.60 Å². The molecule has 1 aromatic heterocycles. The van der Waals surface area contributed by atoms with Crippen LogP contribution in [0.2, 0.25) is 0 Å². The number of alkyl halides is 1. The minimum absolute atomic E-state index is 0.0970. The molecule has 1 aliphatic carbocycles. The van der Waals surface area contributed by atoms with Gasteiger partial charge in [-0.3, -0.25) is 0 Å². The fraction of sp³-hybridized carbons (Fsp3) is 0.778. The van der Waals surface area contributed by atoms with Gasteiger partial charge in [0.05, 0.1) is 0 Å². The molecule has 0 radical (unpaired) electrons. The number of hydrogen-bond donors (Lipinski definition) is 0. The van der Waals surface area contributed by atoms with Crippen molar-refractivity contribution in [2.75, 3.05) is 13.6 Å². The Morgan fingerprint density at radius 2 is 2.11 bits per heavy atom. The van der Waals surface area contributed by atoms with Gasteiger partial charge in [0.1, 0.15) is 0 Å². The number of aryl methyl sites for hydroxylation is 1. The smallest absolute Gasteiger partial charge is 0.235 e. The summed E-state index contributed by atoms with van der Waals surface area (Å²) in [7, 11) is -0.377. The molecule has 0 aliphatic heterocycles. The quantitative estimate of drug-likeness (QED) is 0.714. The van der Waals surface area contributed by atoms with Crippen molar-refractivity contribution in [1.82, 2.24) is 19.3 Å². The average Bonchev–Trinajstić information content (AvgIpc) is 2.56. The minimum Gasteiger partial charge on any atom is -0.235 e. The lowest BCUT2D eigenvalue weighted by Crippen LogP contribution is -2.38. The topological polar surface area (TPSA) is 68.1 Å². The first-order valence-electron chi connectivity index (χ1n) is 5.48. The van der Waals surface area contributed by atoms with Crippen LogP contribution in [-0.2, 0) is 17.1 Å². The van der Waals surface area contributed by atoms with E-state index in [4.69, 9.17) is 0 Å². The SMILES string of the molecule is CN(CC1CC(Br)C1)S(=O)(=O)c1c(Br)nnn1C. The second kappa shape index (κ2) is 5.18. The first-order valence-corrected chi connectivity index (χ1v) is 8.63. The predicted molar refractivity (Wildman–Crippen MR) is 74.0 cm³/mol. The van der Waals surface area contributed by atoms with E-state index in [-0.39, 0.29) is 9.63 Å². The van der Waals surface area contributed by atoms with Gasteiger partial charge < -0.3 is 0 Å². The van der Waals surface area contributed by atoms with E-state index in [1.165, 1.54) is 8.99 Å². The van der Waals surface area contributed by atoms with Crippen LogP contribution in [0.25, 0.3) is 0 Å². The van der Waals surface area contributed by atoms with Gasteiger partial charge in [0.15, 0.2) is 4.60 Å². The van der Waals surface area contributed by atoms with Gasteiger partial charge in [-0.2, -0.15) is 4.31 Å². The largest absolute Gasteiger partial charge is 0.262 e. The fourth-order valence-corrected chi connectivity index (χ4v) is 5.33. The van der Waals surface area contributed by atoms with Crippen LogP contribution in [0.3, 0.4) is 0 Å². The van der Waals surface area contributed by atoms with Crippen molar-refractivity contribution >= 4 is 41.9 Å². The second-order valence-corrected chi connectivity index (χ2v) is 8.54. The second-order valence-electron chi connectivity index (χ2n) is 4.53. The fourth-order valence-electron chi connectivity index (χ4n) is 2.01. The lowest BCUT2D eigenvalue weighted by Gasteiger charge is -2.33. The van der Waals surface area contributed by atoms with Crippen molar-refractivity contribution in [2.24, 2.45) is 13.0 Å². The van der Waals surface area contributed by atoms with Gasteiger partial charge >= 0.3 is 0 Å². The summed E-state index contributed by atoms with van der Waals surface area (Å²) < 4.78 is 27.6. The van der Waals surface area contributed by atoms with Crippen molar-refractivity contribution in [3.63, 3.8) is 0 Å². The zero-order chi connectivity index (χ0) is 13.5. The van der Waals surface area contributed by atoms with Crippen LogP contribution >= 0.6 is 31.9 Å². The van der Waals surface area contributed by atoms with Gasteiger partial charge in [0.25, 0.3) is 10.0 Å². The van der Waals surface area contributed by atoms with Gasteiger partial charge in [-0.15, -0.1) is 5.10 Å². The molecule has 0 atom stereocenters. The Labute approximate surface area is 123 Å². The number of sulfonamides is 1. The highest BCUT2D eigenvalue weighted by Gasteiger charge is 2.34. The van der Waals surface area contributed by atoms with E-state index in [0.29, 0.717) is 17.3 Å². The molecule has 0 unspecified atom stereocenters. The Hall–Kier alpha value is 0.0100. The summed E-state index contributed by atoms with van der Waals surface area (Å²) in [6.45, 7) is 0.530. The molecule has 1 aliphatic rings. The first-order chi connectivity index (χ1) is 8.32. The predicted octanol–water partition coefficient (Wildman–Crippen LogP) is 1.37. The molecule has 1 fully saturated rings. The zero-order valence-electron chi connectivity index (χ0n) is 10.0. The Morgan fingerprint density at radius 3 is 2.56 bits per heavy atom. The van der Waals surface area contributed by atoms with E-state index in [0.717, 1.165) is 12.8 Å². The van der Waals surface area contributed by atoms with E-state index in [2.05, 4.69) is 42.2 Å². The van der Waals surface area contributed by atoms with Crippen LogP contribution in [-0.4, -0.2) is 46.1 Å². The van der Waals surface area contributed by atoms with Crippen LogP contribution in [0.5, 0.6) is 0 Å². The molecule has 0 amide bonds. The molecular weight excluding hydrogens is 388 g/mol. The van der Waals surface area contributed by atoms with Crippen molar-refractivity contribution < 1.29 is 8.42 Å². The van der Waals surface area contributed by atoms with E-state index in [1.54, 1.807) is 14.1 Å². The van der Waals surface area contributed by atoms with E-state index < -0.39 is 10.0 Å². The third-order valence-corrected chi connectivity index (χ3v) is 6.55. The highest BCUT2D eigenvalue weighted by Crippen LogP contribution is 2.34. The van der Waals surface area contributed by atoms with Gasteiger partial charge in [-0.25, -0.2) is 13.1 Å². The summed E-state index contributed by atoms with van der Waals surface area (Å²) in [5, 5.41) is 7.50. The third kappa shape index (κ3) is 2.63. The van der Waals surface area contributed by atoms with Crippen LogP contribution in [0.4, 0.5) is 0 Å². The standard InChI is InChI=1S/C9H14Br2N4O2S/c1-14(5-6-3-7(10)4-6)18(16,17)9-8(11)12-13-15(9)2/h6-7H,3-5H2,1-2H3. The average molecular weight is 402 g/mol. The molecule has 6 nitrogen and oxygen atoms in total. The first kappa shape index (κ1) is 14.4. The number of aromatic nitrogens is 3. The monoisotopic (exact) mass is 400 g/mol. The highest BCUT2D eigenvalue weighted by molar-refractivity contribution is 9.10. The van der Waals surface area contributed by atoms with Gasteiger partial charge in [0.2, 0.25) is 5.03 Å². The molecule has 9 heteroatoms. The van der Waals surface area contributed by atoms with E-state index in [9.17, 15) is 8.42 Å². The maximum Gasteiger partial charge on any atom is 0.262 e. The third-order valence-electron chi connectivity index (χ3n) is 3.09. The van der Waals surface area contributed by atoms with Gasteiger partial charge in [-0.1, -0.05) is 21.1 Å². The molecule has 0 aromatic carbocycles. The van der Waals surface area contributed by atoms with Crippen LogP contribution in [0.1, 0.15) is 12.8 Å². The van der Waals surface area contributed by atoms with Crippen LogP contribution < -0.4 is 0 Å². The van der Waals surface area contributed by atoms with E-state index >= 15 is 0 Å². The minimum atomic E-state index is -3.54. The Morgan fingerprint density at radius 1 is 1.50 bits per heavy atom. The Kier molecular flexibility index (Phi) is 4.15. The maximum absolute atomic E-state index is 12.4. The highest BCUT2D eigenvalue weighted by atomic mass is 79.9.